The predicted octanol–water partition coefficient (Wildman–Crippen LogP) is 5.27. The Kier molecular flexibility index (Phi) is 5.47. The van der Waals surface area contributed by atoms with E-state index < -0.39 is 0 Å². The van der Waals surface area contributed by atoms with Gasteiger partial charge in [0.15, 0.2) is 0 Å². The first-order valence-electron chi connectivity index (χ1n) is 11.3. The minimum Gasteiger partial charge on any atom is -0.341 e. The zero-order chi connectivity index (χ0) is 21.2. The van der Waals surface area contributed by atoms with Crippen LogP contribution in [0.25, 0.3) is 21.8 Å². The summed E-state index contributed by atoms with van der Waals surface area (Å²) in [6.07, 6.45) is 2.02. The van der Waals surface area contributed by atoms with Crippen LogP contribution in [0.4, 0.5) is 0 Å². The van der Waals surface area contributed by atoms with Gasteiger partial charge in [-0.3, -0.25) is 9.91 Å². The second-order valence-electron chi connectivity index (χ2n) is 8.50. The molecule has 1 saturated heterocycles. The summed E-state index contributed by atoms with van der Waals surface area (Å²) in [6.45, 7) is 10.4. The average molecular weight is 411 g/mol. The molecule has 0 radical (unpaired) electrons. The molecular formula is C27H30N4. The summed E-state index contributed by atoms with van der Waals surface area (Å²) in [7, 11) is 0. The van der Waals surface area contributed by atoms with E-state index in [-0.39, 0.29) is 0 Å². The Labute approximate surface area is 184 Å². The molecule has 0 bridgehead atoms. The van der Waals surface area contributed by atoms with Crippen molar-refractivity contribution in [2.45, 2.75) is 26.9 Å². The lowest BCUT2D eigenvalue weighted by Crippen LogP contribution is -2.43. The van der Waals surface area contributed by atoms with Gasteiger partial charge in [-0.15, -0.1) is 0 Å². The minimum atomic E-state index is 0.972. The lowest BCUT2D eigenvalue weighted by atomic mass is 10.1. The second kappa shape index (κ2) is 8.56. The number of hydrogen-bond donors (Lipinski definition) is 0. The van der Waals surface area contributed by atoms with Gasteiger partial charge < -0.3 is 4.57 Å². The number of hydrazone groups is 1. The van der Waals surface area contributed by atoms with Crippen molar-refractivity contribution in [3.63, 3.8) is 0 Å². The molecule has 4 nitrogen and oxygen atoms in total. The van der Waals surface area contributed by atoms with E-state index in [4.69, 9.17) is 5.10 Å². The Morgan fingerprint density at radius 3 is 2.35 bits per heavy atom. The molecule has 0 amide bonds. The highest BCUT2D eigenvalue weighted by atomic mass is 15.5. The van der Waals surface area contributed by atoms with Gasteiger partial charge in [0.25, 0.3) is 0 Å². The number of nitrogens with zero attached hydrogens (tertiary/aromatic N) is 4. The van der Waals surface area contributed by atoms with Gasteiger partial charge in [-0.05, 0) is 43.2 Å². The van der Waals surface area contributed by atoms with E-state index in [0.29, 0.717) is 0 Å². The van der Waals surface area contributed by atoms with Crippen molar-refractivity contribution in [1.82, 2.24) is 14.5 Å². The van der Waals surface area contributed by atoms with Gasteiger partial charge in [-0.2, -0.15) is 5.10 Å². The maximum Gasteiger partial charge on any atom is 0.0543 e. The Morgan fingerprint density at radius 2 is 1.58 bits per heavy atom. The van der Waals surface area contributed by atoms with Gasteiger partial charge in [0, 0.05) is 61.1 Å². The van der Waals surface area contributed by atoms with Gasteiger partial charge in [0.05, 0.1) is 6.21 Å². The molecule has 1 aliphatic heterocycles. The number of rotatable bonds is 5. The number of fused-ring (bicyclic) bond motifs is 3. The van der Waals surface area contributed by atoms with Crippen LogP contribution in [0.15, 0.2) is 71.8 Å². The molecule has 4 heteroatoms. The summed E-state index contributed by atoms with van der Waals surface area (Å²) in [5, 5.41) is 9.62. The van der Waals surface area contributed by atoms with Crippen LogP contribution in [-0.2, 0) is 13.1 Å². The van der Waals surface area contributed by atoms with Crippen molar-refractivity contribution in [2.24, 2.45) is 5.10 Å². The van der Waals surface area contributed by atoms with Crippen LogP contribution in [0, 0.1) is 6.92 Å². The SMILES string of the molecule is CCn1c2ccccc2c2cc(/C=N/N3CCN(Cc4ccc(C)cc4)CC3)ccc21. The number of piperazine rings is 1. The van der Waals surface area contributed by atoms with Gasteiger partial charge >= 0.3 is 0 Å². The lowest BCUT2D eigenvalue weighted by Gasteiger charge is -2.33. The van der Waals surface area contributed by atoms with Crippen molar-refractivity contribution in [1.29, 1.82) is 0 Å². The second-order valence-corrected chi connectivity index (χ2v) is 8.50. The van der Waals surface area contributed by atoms with Gasteiger partial charge in [0.1, 0.15) is 0 Å². The summed E-state index contributed by atoms with van der Waals surface area (Å²) < 4.78 is 2.39. The Hall–Kier alpha value is -3.11. The smallest absolute Gasteiger partial charge is 0.0543 e. The third kappa shape index (κ3) is 4.08. The van der Waals surface area contributed by atoms with Crippen molar-refractivity contribution < 1.29 is 0 Å². The first-order chi connectivity index (χ1) is 15.2. The van der Waals surface area contributed by atoms with E-state index in [2.05, 4.69) is 95.1 Å². The molecule has 3 aromatic carbocycles. The van der Waals surface area contributed by atoms with Crippen LogP contribution in [0.3, 0.4) is 0 Å². The lowest BCUT2D eigenvalue weighted by molar-refractivity contribution is 0.131. The monoisotopic (exact) mass is 410 g/mol. The molecule has 31 heavy (non-hydrogen) atoms. The van der Waals surface area contributed by atoms with Gasteiger partial charge in [0.2, 0.25) is 0 Å². The molecule has 0 aliphatic carbocycles. The Balaban J connectivity index is 1.27. The minimum absolute atomic E-state index is 0.972. The highest BCUT2D eigenvalue weighted by Crippen LogP contribution is 2.29. The molecule has 2 heterocycles. The van der Waals surface area contributed by atoms with Crippen LogP contribution in [-0.4, -0.2) is 46.9 Å². The van der Waals surface area contributed by atoms with Crippen molar-refractivity contribution >= 4 is 28.0 Å². The molecule has 4 aromatic rings. The van der Waals surface area contributed by atoms with Crippen LogP contribution < -0.4 is 0 Å². The van der Waals surface area contributed by atoms with Crippen molar-refractivity contribution in [3.05, 3.63) is 83.4 Å². The largest absolute Gasteiger partial charge is 0.341 e. The molecule has 0 saturated carbocycles. The highest BCUT2D eigenvalue weighted by molar-refractivity contribution is 6.09. The number of aromatic nitrogens is 1. The zero-order valence-corrected chi connectivity index (χ0v) is 18.5. The number of aryl methyl sites for hydroxylation is 2. The normalized spacial score (nSPS) is 15.5. The Bertz CT molecular complexity index is 1210. The van der Waals surface area contributed by atoms with Crippen LogP contribution in [0.2, 0.25) is 0 Å². The highest BCUT2D eigenvalue weighted by Gasteiger charge is 2.15. The molecule has 1 aliphatic rings. The zero-order valence-electron chi connectivity index (χ0n) is 18.5. The fourth-order valence-corrected chi connectivity index (χ4v) is 4.60. The molecule has 0 atom stereocenters. The van der Waals surface area contributed by atoms with E-state index in [0.717, 1.165) is 44.8 Å². The first kappa shape index (κ1) is 19.8. The third-order valence-electron chi connectivity index (χ3n) is 6.36. The quantitative estimate of drug-likeness (QED) is 0.418. The molecule has 0 spiro atoms. The van der Waals surface area contributed by atoms with E-state index in [1.807, 2.05) is 6.21 Å². The molecule has 0 unspecified atom stereocenters. The van der Waals surface area contributed by atoms with Gasteiger partial charge in [-0.25, -0.2) is 0 Å². The number of hydrogen-bond acceptors (Lipinski definition) is 3. The fraction of sp³-hybridized carbons (Fsp3) is 0.296. The first-order valence-corrected chi connectivity index (χ1v) is 11.3. The summed E-state index contributed by atoms with van der Waals surface area (Å²) >= 11 is 0. The summed E-state index contributed by atoms with van der Waals surface area (Å²) in [5.74, 6) is 0. The molecule has 5 rings (SSSR count). The van der Waals surface area contributed by atoms with Crippen LogP contribution in [0.1, 0.15) is 23.6 Å². The summed E-state index contributed by atoms with van der Waals surface area (Å²) in [6, 6.07) is 24.3. The number of para-hydroxylation sites is 1. The summed E-state index contributed by atoms with van der Waals surface area (Å²) in [4.78, 5) is 2.52. The standard InChI is InChI=1S/C27H30N4/c1-3-31-26-7-5-4-6-24(26)25-18-23(12-13-27(25)31)19-28-30-16-14-29(15-17-30)20-22-10-8-21(2)9-11-22/h4-13,18-19H,3,14-17,20H2,1-2H3/b28-19+. The van der Waals surface area contributed by atoms with Crippen LogP contribution >= 0.6 is 0 Å². The Morgan fingerprint density at radius 1 is 0.839 bits per heavy atom. The molecule has 0 N–H and O–H groups in total. The molecule has 158 valence electrons. The van der Waals surface area contributed by atoms with Crippen LogP contribution in [0.5, 0.6) is 0 Å². The average Bonchev–Trinajstić information content (AvgIpc) is 3.13. The van der Waals surface area contributed by atoms with Crippen molar-refractivity contribution in [3.8, 4) is 0 Å². The van der Waals surface area contributed by atoms with E-state index >= 15 is 0 Å². The van der Waals surface area contributed by atoms with E-state index in [1.54, 1.807) is 0 Å². The summed E-state index contributed by atoms with van der Waals surface area (Å²) in [5.41, 5.74) is 6.47. The van der Waals surface area contributed by atoms with Gasteiger partial charge in [-0.1, -0.05) is 54.1 Å². The van der Waals surface area contributed by atoms with E-state index in [1.165, 1.54) is 32.9 Å². The molecular weight excluding hydrogens is 380 g/mol. The van der Waals surface area contributed by atoms with E-state index in [9.17, 15) is 0 Å². The molecule has 1 aromatic heterocycles. The maximum atomic E-state index is 4.80. The number of benzene rings is 3. The fourth-order valence-electron chi connectivity index (χ4n) is 4.60. The molecule has 1 fully saturated rings. The third-order valence-corrected chi connectivity index (χ3v) is 6.36. The van der Waals surface area contributed by atoms with Crippen molar-refractivity contribution in [2.75, 3.05) is 26.2 Å². The predicted molar refractivity (Wildman–Crippen MR) is 131 cm³/mol. The maximum absolute atomic E-state index is 4.80. The topological polar surface area (TPSA) is 23.8 Å².